The maximum Gasteiger partial charge on any atom is 0.433 e. The van der Waals surface area contributed by atoms with Crippen LogP contribution in [0.1, 0.15) is 61.5 Å². The molecule has 1 unspecified atom stereocenters. The predicted octanol–water partition coefficient (Wildman–Crippen LogP) is 4.75. The van der Waals surface area contributed by atoms with Crippen LogP contribution in [-0.2, 0) is 21.3 Å². The van der Waals surface area contributed by atoms with Crippen molar-refractivity contribution >= 4 is 28.8 Å². The third-order valence-corrected chi connectivity index (χ3v) is 8.04. The predicted molar refractivity (Wildman–Crippen MR) is 129 cm³/mol. The number of carbonyl (C=O) groups is 1. The Hall–Kier alpha value is -2.83. The van der Waals surface area contributed by atoms with E-state index >= 15 is 0 Å². The van der Waals surface area contributed by atoms with Gasteiger partial charge < -0.3 is 20.9 Å². The summed E-state index contributed by atoms with van der Waals surface area (Å²) in [6.45, 7) is 3.83. The molecular weight excluding hydrogens is 495 g/mol. The number of alkyl halides is 3. The Labute approximate surface area is 210 Å². The normalized spacial score (nSPS) is 28.9. The number of hydrogen-bond donors (Lipinski definition) is 3. The molecule has 4 N–H and O–H groups in total. The zero-order valence-corrected chi connectivity index (χ0v) is 21.0. The Kier molecular flexibility index (Phi) is 6.73. The summed E-state index contributed by atoms with van der Waals surface area (Å²) in [5.74, 6) is -1.12. The van der Waals surface area contributed by atoms with Crippen LogP contribution in [0.4, 0.5) is 19.1 Å². The zero-order chi connectivity index (χ0) is 26.4. The van der Waals surface area contributed by atoms with Crippen molar-refractivity contribution in [1.82, 2.24) is 15.0 Å². The topological polar surface area (TPSA) is 123 Å². The molecule has 2 aromatic heterocycles. The number of carboxylic acids is 1. The molecule has 1 fully saturated rings. The van der Waals surface area contributed by atoms with E-state index in [1.165, 1.54) is 11.3 Å². The lowest BCUT2D eigenvalue weighted by molar-refractivity contribution is -0.148. The molecule has 0 saturated heterocycles. The fraction of sp³-hybridized carbons (Fsp3) is 0.500. The van der Waals surface area contributed by atoms with Gasteiger partial charge in [-0.05, 0) is 57.6 Å². The smallest absolute Gasteiger partial charge is 0.433 e. The van der Waals surface area contributed by atoms with Crippen LogP contribution < -0.4 is 11.1 Å². The van der Waals surface area contributed by atoms with Gasteiger partial charge in [-0.3, -0.25) is 4.79 Å². The Morgan fingerprint density at radius 1 is 1.25 bits per heavy atom. The molecule has 0 amide bonds. The number of halogens is 3. The molecule has 1 saturated carbocycles. The van der Waals surface area contributed by atoms with Gasteiger partial charge in [0.25, 0.3) is 0 Å². The molecule has 0 radical (unpaired) electrons. The Morgan fingerprint density at radius 2 is 1.94 bits per heavy atom. The molecule has 2 aliphatic rings. The number of carboxylic acid groups (broad SMARTS) is 1. The molecule has 2 aliphatic carbocycles. The van der Waals surface area contributed by atoms with Crippen LogP contribution in [0.3, 0.4) is 0 Å². The summed E-state index contributed by atoms with van der Waals surface area (Å²) < 4.78 is 45.1. The van der Waals surface area contributed by atoms with Crippen molar-refractivity contribution in [3.63, 3.8) is 0 Å². The number of ether oxygens (including phenoxy) is 1. The third kappa shape index (κ3) is 5.16. The first-order valence-corrected chi connectivity index (χ1v) is 12.2. The number of hydrogen-bond acceptors (Lipinski definition) is 8. The van der Waals surface area contributed by atoms with Crippen LogP contribution in [-0.4, -0.2) is 44.2 Å². The van der Waals surface area contributed by atoms with Gasteiger partial charge in [-0.25, -0.2) is 15.0 Å². The van der Waals surface area contributed by atoms with Crippen molar-refractivity contribution in [1.29, 1.82) is 0 Å². The number of rotatable bonds is 6. The lowest BCUT2D eigenvalue weighted by Crippen LogP contribution is -2.53. The number of nitrogens with two attached hydrogens (primary N) is 1. The summed E-state index contributed by atoms with van der Waals surface area (Å²) >= 11 is 1.45. The summed E-state index contributed by atoms with van der Waals surface area (Å²) in [5, 5.41) is 13.3. The highest BCUT2D eigenvalue weighted by atomic mass is 32.1. The highest BCUT2D eigenvalue weighted by Crippen LogP contribution is 2.46. The maximum absolute atomic E-state index is 13.1. The second kappa shape index (κ2) is 9.24. The molecule has 2 aromatic rings. The number of allylic oxidation sites excluding steroid dienone is 2. The Morgan fingerprint density at radius 3 is 2.56 bits per heavy atom. The Balaban J connectivity index is 1.59. The number of aliphatic carboxylic acids is 1. The van der Waals surface area contributed by atoms with Crippen LogP contribution in [0.25, 0.3) is 5.57 Å². The molecule has 0 bridgehead atoms. The van der Waals surface area contributed by atoms with Crippen LogP contribution in [0.2, 0.25) is 0 Å². The SMILES string of the molecule is COC1(c2ncc(C3=CC(C)(Nc4nccc(C(F)(F)F)n4)CC(C)=C3)s2)CCC(N)(C(=O)O)CC1. The summed E-state index contributed by atoms with van der Waals surface area (Å²) in [6, 6.07) is 0.835. The largest absolute Gasteiger partial charge is 0.480 e. The van der Waals surface area contributed by atoms with Crippen molar-refractivity contribution < 1.29 is 27.8 Å². The monoisotopic (exact) mass is 523 g/mol. The fourth-order valence-corrected chi connectivity index (χ4v) is 5.95. The van der Waals surface area contributed by atoms with Gasteiger partial charge >= 0.3 is 12.1 Å². The molecule has 12 heteroatoms. The van der Waals surface area contributed by atoms with Crippen molar-refractivity contribution in [3.8, 4) is 0 Å². The van der Waals surface area contributed by atoms with E-state index in [0.29, 0.717) is 19.3 Å². The molecule has 4 rings (SSSR count). The second-order valence-corrected chi connectivity index (χ2v) is 10.8. The number of aromatic nitrogens is 3. The van der Waals surface area contributed by atoms with Crippen molar-refractivity contribution in [3.05, 3.63) is 51.8 Å². The lowest BCUT2D eigenvalue weighted by atomic mass is 9.74. The van der Waals surface area contributed by atoms with Crippen LogP contribution in [0, 0.1) is 0 Å². The van der Waals surface area contributed by atoms with Gasteiger partial charge in [0.05, 0.1) is 10.4 Å². The summed E-state index contributed by atoms with van der Waals surface area (Å²) in [7, 11) is 1.59. The van der Waals surface area contributed by atoms with Crippen LogP contribution in [0.5, 0.6) is 0 Å². The number of nitrogens with zero attached hydrogens (tertiary/aromatic N) is 3. The molecular formula is C24H28F3N5O3S. The zero-order valence-electron chi connectivity index (χ0n) is 20.1. The second-order valence-electron chi connectivity index (χ2n) is 9.76. The molecule has 8 nitrogen and oxygen atoms in total. The number of methoxy groups -OCH3 is 1. The summed E-state index contributed by atoms with van der Waals surface area (Å²) in [6.07, 6.45) is 4.17. The average Bonchev–Trinajstić information content (AvgIpc) is 3.30. The van der Waals surface area contributed by atoms with Gasteiger partial charge in [0.1, 0.15) is 21.8 Å². The third-order valence-electron chi connectivity index (χ3n) is 6.81. The molecule has 2 heterocycles. The number of thiazole rings is 1. The summed E-state index contributed by atoms with van der Waals surface area (Å²) in [5.41, 5.74) is 4.21. The molecule has 0 spiro atoms. The molecule has 0 aromatic carbocycles. The quantitative estimate of drug-likeness (QED) is 0.496. The van der Waals surface area contributed by atoms with Crippen LogP contribution in [0.15, 0.2) is 36.2 Å². The fourth-order valence-electron chi connectivity index (χ4n) is 4.82. The minimum atomic E-state index is -4.56. The van der Waals surface area contributed by atoms with Gasteiger partial charge in [-0.15, -0.1) is 11.3 Å². The lowest BCUT2D eigenvalue weighted by Gasteiger charge is -2.40. The molecule has 194 valence electrons. The van der Waals surface area contributed by atoms with Gasteiger partial charge in [0.15, 0.2) is 0 Å². The minimum Gasteiger partial charge on any atom is -0.480 e. The first-order valence-electron chi connectivity index (χ1n) is 11.4. The molecule has 36 heavy (non-hydrogen) atoms. The van der Waals surface area contributed by atoms with E-state index in [1.54, 1.807) is 13.3 Å². The standard InChI is InChI=1S/C24H28F3N5O3S/c1-14-10-15(12-21(2,11-14)32-20-29-9-4-17(31-20)24(25,26)27)16-13-30-18(36-16)23(35-3)7-5-22(28,6-8-23)19(33)34/h4,9-10,12-13H,5-8,11,28H2,1-3H3,(H,33,34)(H,29,31,32). The van der Waals surface area contributed by atoms with Crippen molar-refractivity contribution in [2.24, 2.45) is 5.73 Å². The van der Waals surface area contributed by atoms with E-state index in [1.807, 2.05) is 26.0 Å². The van der Waals surface area contributed by atoms with E-state index < -0.39 is 34.5 Å². The van der Waals surface area contributed by atoms with E-state index in [9.17, 15) is 23.1 Å². The highest BCUT2D eigenvalue weighted by molar-refractivity contribution is 7.13. The average molecular weight is 524 g/mol. The number of nitrogens with one attached hydrogen (secondary N) is 1. The van der Waals surface area contributed by atoms with E-state index in [2.05, 4.69) is 20.3 Å². The van der Waals surface area contributed by atoms with Gasteiger partial charge in [0, 0.05) is 19.5 Å². The minimum absolute atomic E-state index is 0.105. The van der Waals surface area contributed by atoms with E-state index in [4.69, 9.17) is 10.5 Å². The molecule has 0 aliphatic heterocycles. The van der Waals surface area contributed by atoms with Gasteiger partial charge in [0.2, 0.25) is 5.95 Å². The van der Waals surface area contributed by atoms with E-state index in [-0.39, 0.29) is 18.8 Å². The highest BCUT2D eigenvalue weighted by Gasteiger charge is 2.47. The Bertz CT molecular complexity index is 1220. The van der Waals surface area contributed by atoms with Crippen LogP contribution >= 0.6 is 11.3 Å². The van der Waals surface area contributed by atoms with E-state index in [0.717, 1.165) is 33.3 Å². The molecule has 1 atom stereocenters. The first-order chi connectivity index (χ1) is 16.8. The van der Waals surface area contributed by atoms with Gasteiger partial charge in [-0.1, -0.05) is 17.7 Å². The first kappa shape index (κ1) is 26.2. The van der Waals surface area contributed by atoms with Crippen molar-refractivity contribution in [2.45, 2.75) is 68.8 Å². The van der Waals surface area contributed by atoms with Crippen molar-refractivity contribution in [2.75, 3.05) is 12.4 Å². The summed E-state index contributed by atoms with van der Waals surface area (Å²) in [4.78, 5) is 24.6. The number of anilines is 1. The maximum atomic E-state index is 13.1. The van der Waals surface area contributed by atoms with Gasteiger partial charge in [-0.2, -0.15) is 13.2 Å².